The highest BCUT2D eigenvalue weighted by Gasteiger charge is 2.16. The van der Waals surface area contributed by atoms with E-state index < -0.39 is 18.4 Å². The van der Waals surface area contributed by atoms with Gasteiger partial charge in [0.1, 0.15) is 0 Å². The minimum absolute atomic E-state index is 0.260. The van der Waals surface area contributed by atoms with Gasteiger partial charge in [-0.1, -0.05) is 26.0 Å². The molecule has 1 N–H and O–H groups in total. The first-order valence-electron chi connectivity index (χ1n) is 5.63. The first kappa shape index (κ1) is 14.0. The molecule has 0 fully saturated rings. The predicted octanol–water partition coefficient (Wildman–Crippen LogP) is 2.58. The minimum Gasteiger partial charge on any atom is -0.425 e. The molecule has 0 unspecified atom stereocenters. The Kier molecular flexibility index (Phi) is 5.17. The monoisotopic (exact) mass is 250 g/mol. The first-order chi connectivity index (χ1) is 8.49. The number of amides is 1. The van der Waals surface area contributed by atoms with E-state index in [0.29, 0.717) is 5.69 Å². The van der Waals surface area contributed by atoms with Crippen LogP contribution < -0.4 is 5.32 Å². The standard InChI is InChI=1S/C13H16NO4/c1-9(2)12(15)17-10(3)18-13(16)14-11-7-5-4-6-8-11/h5-10H,1-3H3,(H,14,16)/t10-/m0/s1. The molecule has 18 heavy (non-hydrogen) atoms. The molecule has 1 aromatic carbocycles. The zero-order chi connectivity index (χ0) is 13.5. The van der Waals surface area contributed by atoms with Crippen LogP contribution in [0, 0.1) is 12.0 Å². The van der Waals surface area contributed by atoms with Crippen molar-refractivity contribution in [3.05, 3.63) is 30.3 Å². The summed E-state index contributed by atoms with van der Waals surface area (Å²) in [5, 5.41) is 2.50. The minimum atomic E-state index is -0.921. The molecule has 0 aromatic heterocycles. The molecule has 0 saturated heterocycles. The number of benzene rings is 1. The summed E-state index contributed by atoms with van der Waals surface area (Å²) in [5.74, 6) is -0.673. The maximum atomic E-state index is 11.4. The van der Waals surface area contributed by atoms with Crippen LogP contribution >= 0.6 is 0 Å². The normalized spacial score (nSPS) is 11.8. The summed E-state index contributed by atoms with van der Waals surface area (Å²) in [7, 11) is 0. The average molecular weight is 250 g/mol. The van der Waals surface area contributed by atoms with Crippen LogP contribution in [0.4, 0.5) is 10.5 Å². The molecular weight excluding hydrogens is 234 g/mol. The SMILES string of the molecule is CC(C)C(=O)O[C@H](C)OC(=O)Nc1cc[c]cc1. The van der Waals surface area contributed by atoms with Gasteiger partial charge < -0.3 is 9.47 Å². The number of carbonyl (C=O) groups excluding carboxylic acids is 2. The van der Waals surface area contributed by atoms with Gasteiger partial charge in [0.25, 0.3) is 0 Å². The zero-order valence-electron chi connectivity index (χ0n) is 10.6. The Bertz CT molecular complexity index is 403. The van der Waals surface area contributed by atoms with Crippen LogP contribution in [0.25, 0.3) is 0 Å². The van der Waals surface area contributed by atoms with Gasteiger partial charge in [0, 0.05) is 12.6 Å². The number of ether oxygens (including phenoxy) is 2. The highest BCUT2D eigenvalue weighted by atomic mass is 16.7. The lowest BCUT2D eigenvalue weighted by atomic mass is 10.2. The van der Waals surface area contributed by atoms with E-state index in [1.54, 1.807) is 38.1 Å². The Labute approximate surface area is 106 Å². The predicted molar refractivity (Wildman–Crippen MR) is 65.8 cm³/mol. The highest BCUT2D eigenvalue weighted by Crippen LogP contribution is 2.07. The van der Waals surface area contributed by atoms with Crippen LogP contribution in [0.15, 0.2) is 24.3 Å². The Morgan fingerprint density at radius 1 is 1.17 bits per heavy atom. The summed E-state index contributed by atoms with van der Waals surface area (Å²) in [6.45, 7) is 4.89. The van der Waals surface area contributed by atoms with E-state index in [1.807, 2.05) is 0 Å². The van der Waals surface area contributed by atoms with Gasteiger partial charge in [0.2, 0.25) is 6.29 Å². The van der Waals surface area contributed by atoms with Gasteiger partial charge in [0.15, 0.2) is 0 Å². The Balaban J connectivity index is 2.38. The molecule has 0 heterocycles. The molecule has 5 nitrogen and oxygen atoms in total. The van der Waals surface area contributed by atoms with Crippen molar-refractivity contribution in [3.8, 4) is 0 Å². The number of hydrogen-bond donors (Lipinski definition) is 1. The zero-order valence-corrected chi connectivity index (χ0v) is 10.6. The summed E-state index contributed by atoms with van der Waals surface area (Å²) in [5.41, 5.74) is 0.584. The summed E-state index contributed by atoms with van der Waals surface area (Å²) in [4.78, 5) is 22.7. The summed E-state index contributed by atoms with van der Waals surface area (Å²) >= 11 is 0. The lowest BCUT2D eigenvalue weighted by Gasteiger charge is -2.15. The van der Waals surface area contributed by atoms with Gasteiger partial charge in [0.05, 0.1) is 5.92 Å². The third-order valence-electron chi connectivity index (χ3n) is 1.99. The summed E-state index contributed by atoms with van der Waals surface area (Å²) in [6.07, 6.45) is -1.60. The fraction of sp³-hybridized carbons (Fsp3) is 0.385. The second-order valence-corrected chi connectivity index (χ2v) is 3.98. The van der Waals surface area contributed by atoms with Gasteiger partial charge in [-0.05, 0) is 18.2 Å². The van der Waals surface area contributed by atoms with Crippen molar-refractivity contribution in [2.75, 3.05) is 5.32 Å². The first-order valence-corrected chi connectivity index (χ1v) is 5.63. The van der Waals surface area contributed by atoms with Crippen molar-refractivity contribution in [2.24, 2.45) is 5.92 Å². The number of esters is 1. The molecular formula is C13H16NO4. The molecule has 0 bridgehead atoms. The van der Waals surface area contributed by atoms with E-state index in [-0.39, 0.29) is 5.92 Å². The van der Waals surface area contributed by atoms with Crippen molar-refractivity contribution < 1.29 is 19.1 Å². The van der Waals surface area contributed by atoms with Crippen molar-refractivity contribution in [2.45, 2.75) is 27.1 Å². The molecule has 1 rings (SSSR count). The number of hydrogen-bond acceptors (Lipinski definition) is 4. The molecule has 0 aliphatic rings. The summed E-state index contributed by atoms with van der Waals surface area (Å²) in [6, 6.07) is 9.50. The number of rotatable bonds is 4. The molecule has 0 aliphatic heterocycles. The van der Waals surface area contributed by atoms with Crippen LogP contribution in [0.5, 0.6) is 0 Å². The molecule has 1 radical (unpaired) electrons. The molecule has 0 saturated carbocycles. The highest BCUT2D eigenvalue weighted by molar-refractivity contribution is 5.84. The van der Waals surface area contributed by atoms with Gasteiger partial charge in [-0.2, -0.15) is 0 Å². The molecule has 0 aliphatic carbocycles. The van der Waals surface area contributed by atoms with E-state index in [0.717, 1.165) is 0 Å². The third-order valence-corrected chi connectivity index (χ3v) is 1.99. The summed E-state index contributed by atoms with van der Waals surface area (Å²) < 4.78 is 9.76. The fourth-order valence-corrected chi connectivity index (χ4v) is 1.09. The third kappa shape index (κ3) is 4.86. The van der Waals surface area contributed by atoms with Crippen LogP contribution in [-0.2, 0) is 14.3 Å². The molecule has 1 amide bonds. The molecule has 1 atom stereocenters. The maximum Gasteiger partial charge on any atom is 0.414 e. The maximum absolute atomic E-state index is 11.4. The van der Waals surface area contributed by atoms with Gasteiger partial charge in [-0.3, -0.25) is 10.1 Å². The van der Waals surface area contributed by atoms with E-state index in [9.17, 15) is 9.59 Å². The molecule has 1 aromatic rings. The largest absolute Gasteiger partial charge is 0.425 e. The number of nitrogens with one attached hydrogen (secondary N) is 1. The van der Waals surface area contributed by atoms with Gasteiger partial charge in [-0.15, -0.1) is 0 Å². The topological polar surface area (TPSA) is 64.6 Å². The second-order valence-electron chi connectivity index (χ2n) is 3.98. The van der Waals surface area contributed by atoms with Crippen molar-refractivity contribution >= 4 is 17.7 Å². The fourth-order valence-electron chi connectivity index (χ4n) is 1.09. The van der Waals surface area contributed by atoms with Crippen LogP contribution in [0.3, 0.4) is 0 Å². The second kappa shape index (κ2) is 6.64. The Morgan fingerprint density at radius 3 is 2.33 bits per heavy atom. The van der Waals surface area contributed by atoms with Crippen LogP contribution in [-0.4, -0.2) is 18.4 Å². The van der Waals surface area contributed by atoms with E-state index in [1.165, 1.54) is 6.92 Å². The van der Waals surface area contributed by atoms with E-state index >= 15 is 0 Å². The Hall–Kier alpha value is -2.04. The van der Waals surface area contributed by atoms with Crippen LogP contribution in [0.2, 0.25) is 0 Å². The molecule has 97 valence electrons. The van der Waals surface area contributed by atoms with Crippen molar-refractivity contribution in [1.82, 2.24) is 0 Å². The Morgan fingerprint density at radius 2 is 1.78 bits per heavy atom. The number of carbonyl (C=O) groups is 2. The lowest BCUT2D eigenvalue weighted by molar-refractivity contribution is -0.168. The lowest BCUT2D eigenvalue weighted by Crippen LogP contribution is -2.26. The van der Waals surface area contributed by atoms with Crippen LogP contribution in [0.1, 0.15) is 20.8 Å². The molecule has 5 heteroatoms. The van der Waals surface area contributed by atoms with E-state index in [2.05, 4.69) is 11.4 Å². The number of anilines is 1. The smallest absolute Gasteiger partial charge is 0.414 e. The van der Waals surface area contributed by atoms with Gasteiger partial charge in [-0.25, -0.2) is 4.79 Å². The average Bonchev–Trinajstić information content (AvgIpc) is 2.29. The van der Waals surface area contributed by atoms with Gasteiger partial charge >= 0.3 is 12.1 Å². The molecule has 0 spiro atoms. The van der Waals surface area contributed by atoms with E-state index in [4.69, 9.17) is 9.47 Å². The quantitative estimate of drug-likeness (QED) is 0.659. The van der Waals surface area contributed by atoms with Crippen molar-refractivity contribution in [1.29, 1.82) is 0 Å². The van der Waals surface area contributed by atoms with Crippen molar-refractivity contribution in [3.63, 3.8) is 0 Å².